The molecule has 0 fully saturated rings. The van der Waals surface area contributed by atoms with Gasteiger partial charge in [-0.15, -0.1) is 11.3 Å². The van der Waals surface area contributed by atoms with Gasteiger partial charge in [-0.05, 0) is 31.5 Å². The second kappa shape index (κ2) is 5.84. The van der Waals surface area contributed by atoms with Crippen molar-refractivity contribution in [3.8, 4) is 0 Å². The van der Waals surface area contributed by atoms with Gasteiger partial charge in [-0.1, -0.05) is 13.0 Å². The minimum Gasteiger partial charge on any atom is -0.380 e. The number of anilines is 1. The third-order valence-electron chi connectivity index (χ3n) is 2.94. The number of thiophene rings is 1. The molecule has 5 heteroatoms. The largest absolute Gasteiger partial charge is 0.380 e. The SMILES string of the molecule is CCc1ccc(CNc2ccc(C)c([N+](=O)[O-])c2)s1. The Morgan fingerprint density at radius 3 is 2.63 bits per heavy atom. The number of nitrogens with one attached hydrogen (secondary N) is 1. The molecule has 100 valence electrons. The van der Waals surface area contributed by atoms with Crippen LogP contribution in [-0.4, -0.2) is 4.92 Å². The molecule has 4 nitrogen and oxygen atoms in total. The highest BCUT2D eigenvalue weighted by atomic mass is 32.1. The van der Waals surface area contributed by atoms with Crippen LogP contribution in [0.2, 0.25) is 0 Å². The first kappa shape index (κ1) is 13.5. The van der Waals surface area contributed by atoms with Crippen molar-refractivity contribution in [2.75, 3.05) is 5.32 Å². The molecule has 2 rings (SSSR count). The molecule has 1 aromatic heterocycles. The first-order chi connectivity index (χ1) is 9.10. The number of benzene rings is 1. The zero-order chi connectivity index (χ0) is 13.8. The van der Waals surface area contributed by atoms with Crippen molar-refractivity contribution >= 4 is 22.7 Å². The third kappa shape index (κ3) is 3.32. The van der Waals surface area contributed by atoms with E-state index in [9.17, 15) is 10.1 Å². The summed E-state index contributed by atoms with van der Waals surface area (Å²) in [5, 5.41) is 14.1. The summed E-state index contributed by atoms with van der Waals surface area (Å²) >= 11 is 1.77. The monoisotopic (exact) mass is 276 g/mol. The Labute approximate surface area is 116 Å². The predicted molar refractivity (Wildman–Crippen MR) is 78.9 cm³/mol. The summed E-state index contributed by atoms with van der Waals surface area (Å²) in [4.78, 5) is 13.1. The van der Waals surface area contributed by atoms with E-state index in [2.05, 4.69) is 24.4 Å². The van der Waals surface area contributed by atoms with E-state index in [1.54, 1.807) is 30.4 Å². The molecular formula is C14H16N2O2S. The smallest absolute Gasteiger partial charge is 0.274 e. The quantitative estimate of drug-likeness (QED) is 0.659. The summed E-state index contributed by atoms with van der Waals surface area (Å²) in [6.45, 7) is 4.58. The molecule has 0 spiro atoms. The van der Waals surface area contributed by atoms with Crippen molar-refractivity contribution in [1.82, 2.24) is 0 Å². The van der Waals surface area contributed by atoms with Gasteiger partial charge >= 0.3 is 0 Å². The topological polar surface area (TPSA) is 55.2 Å². The van der Waals surface area contributed by atoms with Crippen LogP contribution in [0.3, 0.4) is 0 Å². The Hall–Kier alpha value is -1.88. The van der Waals surface area contributed by atoms with Gasteiger partial charge in [0, 0.05) is 33.6 Å². The number of nitrogens with zero attached hydrogens (tertiary/aromatic N) is 1. The summed E-state index contributed by atoms with van der Waals surface area (Å²) in [5.74, 6) is 0. The van der Waals surface area contributed by atoms with Crippen LogP contribution in [-0.2, 0) is 13.0 Å². The predicted octanol–water partition coefficient (Wildman–Crippen LogP) is 4.14. The average Bonchev–Trinajstić information content (AvgIpc) is 2.85. The van der Waals surface area contributed by atoms with E-state index >= 15 is 0 Å². The number of aryl methyl sites for hydroxylation is 2. The molecule has 0 aliphatic carbocycles. The molecule has 0 unspecified atom stereocenters. The summed E-state index contributed by atoms with van der Waals surface area (Å²) in [5.41, 5.74) is 1.62. The fraction of sp³-hybridized carbons (Fsp3) is 0.286. The van der Waals surface area contributed by atoms with E-state index in [1.165, 1.54) is 9.75 Å². The van der Waals surface area contributed by atoms with Crippen molar-refractivity contribution in [2.45, 2.75) is 26.8 Å². The fourth-order valence-corrected chi connectivity index (χ4v) is 2.71. The minimum absolute atomic E-state index is 0.158. The zero-order valence-corrected chi connectivity index (χ0v) is 11.8. The van der Waals surface area contributed by atoms with Gasteiger partial charge in [-0.3, -0.25) is 10.1 Å². The molecule has 0 aliphatic rings. The van der Waals surface area contributed by atoms with Crippen LogP contribution in [0.1, 0.15) is 22.2 Å². The first-order valence-electron chi connectivity index (χ1n) is 6.16. The third-order valence-corrected chi connectivity index (χ3v) is 4.17. The lowest BCUT2D eigenvalue weighted by Gasteiger charge is -2.05. The second-order valence-electron chi connectivity index (χ2n) is 4.33. The molecule has 0 amide bonds. The molecule has 0 aliphatic heterocycles. The van der Waals surface area contributed by atoms with Crippen molar-refractivity contribution in [3.63, 3.8) is 0 Å². The van der Waals surface area contributed by atoms with Crippen LogP contribution in [0.15, 0.2) is 30.3 Å². The lowest BCUT2D eigenvalue weighted by molar-refractivity contribution is -0.385. The summed E-state index contributed by atoms with van der Waals surface area (Å²) in [6, 6.07) is 9.45. The number of hydrogen-bond acceptors (Lipinski definition) is 4. The molecule has 2 aromatic rings. The highest BCUT2D eigenvalue weighted by Crippen LogP contribution is 2.23. The van der Waals surface area contributed by atoms with Crippen LogP contribution < -0.4 is 5.32 Å². The van der Waals surface area contributed by atoms with Crippen LogP contribution >= 0.6 is 11.3 Å². The number of nitro benzene ring substituents is 1. The maximum atomic E-state index is 10.9. The van der Waals surface area contributed by atoms with Crippen molar-refractivity contribution < 1.29 is 4.92 Å². The standard InChI is InChI=1S/C14H16N2O2S/c1-3-12-6-7-13(19-12)9-15-11-5-4-10(2)14(8-11)16(17)18/h4-8,15H,3,9H2,1-2H3. The minimum atomic E-state index is -0.346. The average molecular weight is 276 g/mol. The van der Waals surface area contributed by atoms with E-state index in [4.69, 9.17) is 0 Å². The Balaban J connectivity index is 2.07. The molecule has 0 saturated carbocycles. The van der Waals surface area contributed by atoms with Gasteiger partial charge in [0.05, 0.1) is 4.92 Å². The Bertz CT molecular complexity index is 593. The maximum Gasteiger partial charge on any atom is 0.274 e. The van der Waals surface area contributed by atoms with E-state index in [1.807, 2.05) is 6.07 Å². The van der Waals surface area contributed by atoms with E-state index in [0.29, 0.717) is 12.1 Å². The molecule has 1 aromatic carbocycles. The fourth-order valence-electron chi connectivity index (χ4n) is 1.81. The highest BCUT2D eigenvalue weighted by Gasteiger charge is 2.10. The van der Waals surface area contributed by atoms with Crippen LogP contribution in [0, 0.1) is 17.0 Å². The van der Waals surface area contributed by atoms with E-state index in [0.717, 1.165) is 12.1 Å². The molecule has 19 heavy (non-hydrogen) atoms. The van der Waals surface area contributed by atoms with Gasteiger partial charge in [0.2, 0.25) is 0 Å². The Kier molecular flexibility index (Phi) is 4.16. The van der Waals surface area contributed by atoms with Gasteiger partial charge in [0.15, 0.2) is 0 Å². The van der Waals surface area contributed by atoms with Gasteiger partial charge in [0.25, 0.3) is 5.69 Å². The van der Waals surface area contributed by atoms with E-state index in [-0.39, 0.29) is 10.6 Å². The van der Waals surface area contributed by atoms with Crippen LogP contribution in [0.4, 0.5) is 11.4 Å². The van der Waals surface area contributed by atoms with Gasteiger partial charge in [-0.2, -0.15) is 0 Å². The van der Waals surface area contributed by atoms with Gasteiger partial charge < -0.3 is 5.32 Å². The molecule has 1 N–H and O–H groups in total. The van der Waals surface area contributed by atoms with Crippen LogP contribution in [0.5, 0.6) is 0 Å². The lowest BCUT2D eigenvalue weighted by atomic mass is 10.2. The molecule has 0 bridgehead atoms. The Morgan fingerprint density at radius 2 is 2.00 bits per heavy atom. The molecule has 1 heterocycles. The summed E-state index contributed by atoms with van der Waals surface area (Å²) in [6.07, 6.45) is 1.04. The zero-order valence-electron chi connectivity index (χ0n) is 11.0. The van der Waals surface area contributed by atoms with Gasteiger partial charge in [-0.25, -0.2) is 0 Å². The normalized spacial score (nSPS) is 10.4. The molecular weight excluding hydrogens is 260 g/mol. The van der Waals surface area contributed by atoms with Crippen LogP contribution in [0.25, 0.3) is 0 Å². The second-order valence-corrected chi connectivity index (χ2v) is 5.59. The van der Waals surface area contributed by atoms with Gasteiger partial charge in [0.1, 0.15) is 0 Å². The Morgan fingerprint density at radius 1 is 1.26 bits per heavy atom. The number of rotatable bonds is 5. The maximum absolute atomic E-state index is 10.9. The molecule has 0 atom stereocenters. The molecule has 0 saturated heterocycles. The first-order valence-corrected chi connectivity index (χ1v) is 6.98. The highest BCUT2D eigenvalue weighted by molar-refractivity contribution is 7.12. The summed E-state index contributed by atoms with van der Waals surface area (Å²) < 4.78 is 0. The number of hydrogen-bond donors (Lipinski definition) is 1. The lowest BCUT2D eigenvalue weighted by Crippen LogP contribution is -1.99. The number of nitro groups is 1. The summed E-state index contributed by atoms with van der Waals surface area (Å²) in [7, 11) is 0. The van der Waals surface area contributed by atoms with E-state index < -0.39 is 0 Å². The van der Waals surface area contributed by atoms with Crippen molar-refractivity contribution in [2.24, 2.45) is 0 Å². The molecule has 0 radical (unpaired) electrons. The van der Waals surface area contributed by atoms with Crippen molar-refractivity contribution in [1.29, 1.82) is 0 Å². The van der Waals surface area contributed by atoms with Crippen molar-refractivity contribution in [3.05, 3.63) is 55.8 Å².